The lowest BCUT2D eigenvalue weighted by Crippen LogP contribution is -2.31. The first-order valence-corrected chi connectivity index (χ1v) is 11.9. The molecule has 0 fully saturated rings. The minimum absolute atomic E-state index is 0.0381. The fraction of sp³-hybridized carbons (Fsp3) is 0.500. The molecule has 0 radical (unpaired) electrons. The number of amides is 1. The summed E-state index contributed by atoms with van der Waals surface area (Å²) in [6.45, 7) is 12.4. The van der Waals surface area contributed by atoms with E-state index in [1.807, 2.05) is 58.0 Å². The molecular formula is C28H39NO5. The molecule has 0 aliphatic rings. The minimum atomic E-state index is -0.801. The van der Waals surface area contributed by atoms with Gasteiger partial charge in [0.2, 0.25) is 5.91 Å². The van der Waals surface area contributed by atoms with Gasteiger partial charge in [0.15, 0.2) is 0 Å². The van der Waals surface area contributed by atoms with Crippen LogP contribution >= 0.6 is 0 Å². The lowest BCUT2D eigenvalue weighted by atomic mass is 9.87. The Morgan fingerprint density at radius 3 is 2.06 bits per heavy atom. The van der Waals surface area contributed by atoms with E-state index in [4.69, 9.17) is 14.6 Å². The van der Waals surface area contributed by atoms with Gasteiger partial charge in [-0.1, -0.05) is 26.0 Å². The molecule has 0 aromatic heterocycles. The van der Waals surface area contributed by atoms with Crippen molar-refractivity contribution < 1.29 is 24.2 Å². The first-order valence-electron chi connectivity index (χ1n) is 11.9. The first kappa shape index (κ1) is 27.2. The molecule has 186 valence electrons. The van der Waals surface area contributed by atoms with Crippen molar-refractivity contribution in [3.63, 3.8) is 0 Å². The molecule has 6 nitrogen and oxygen atoms in total. The summed E-state index contributed by atoms with van der Waals surface area (Å²) >= 11 is 0. The number of hydrogen-bond acceptors (Lipinski definition) is 4. The van der Waals surface area contributed by atoms with Crippen molar-refractivity contribution >= 4 is 17.6 Å². The monoisotopic (exact) mass is 469 g/mol. The van der Waals surface area contributed by atoms with E-state index in [9.17, 15) is 9.59 Å². The number of aryl methyl sites for hydroxylation is 2. The van der Waals surface area contributed by atoms with Crippen molar-refractivity contribution in [3.05, 3.63) is 53.6 Å². The van der Waals surface area contributed by atoms with Crippen LogP contribution < -0.4 is 14.8 Å². The van der Waals surface area contributed by atoms with Gasteiger partial charge in [0.25, 0.3) is 0 Å². The van der Waals surface area contributed by atoms with Crippen molar-refractivity contribution in [3.8, 4) is 11.5 Å². The SMILES string of the molecule is Cc1ccc(C)c(OCCCC(C)(C)C(=O)Nc2ccc(OCCCC(C)(C)C(=O)O)cc2)c1. The lowest BCUT2D eigenvalue weighted by Gasteiger charge is -2.24. The smallest absolute Gasteiger partial charge is 0.309 e. The van der Waals surface area contributed by atoms with Gasteiger partial charge in [-0.15, -0.1) is 0 Å². The molecule has 0 heterocycles. The van der Waals surface area contributed by atoms with Crippen molar-refractivity contribution in [1.82, 2.24) is 0 Å². The van der Waals surface area contributed by atoms with E-state index in [1.54, 1.807) is 13.8 Å². The van der Waals surface area contributed by atoms with Crippen LogP contribution in [0.5, 0.6) is 11.5 Å². The third kappa shape index (κ3) is 8.40. The summed E-state index contributed by atoms with van der Waals surface area (Å²) < 4.78 is 11.6. The molecule has 0 aliphatic carbocycles. The quantitative estimate of drug-likeness (QED) is 0.332. The maximum absolute atomic E-state index is 12.8. The Morgan fingerprint density at radius 1 is 0.853 bits per heavy atom. The predicted molar refractivity (Wildman–Crippen MR) is 136 cm³/mol. The van der Waals surface area contributed by atoms with Crippen LogP contribution in [0.25, 0.3) is 0 Å². The predicted octanol–water partition coefficient (Wildman–Crippen LogP) is 6.40. The van der Waals surface area contributed by atoms with Gasteiger partial charge >= 0.3 is 5.97 Å². The number of carbonyl (C=O) groups excluding carboxylic acids is 1. The molecule has 34 heavy (non-hydrogen) atoms. The highest BCUT2D eigenvalue weighted by molar-refractivity contribution is 5.94. The second-order valence-corrected chi connectivity index (χ2v) is 10.2. The zero-order chi connectivity index (χ0) is 25.4. The summed E-state index contributed by atoms with van der Waals surface area (Å²) in [5.74, 6) is 0.748. The molecule has 2 N–H and O–H groups in total. The van der Waals surface area contributed by atoms with Crippen LogP contribution in [-0.4, -0.2) is 30.2 Å². The topological polar surface area (TPSA) is 84.9 Å². The number of ether oxygens (including phenoxy) is 2. The zero-order valence-electron chi connectivity index (χ0n) is 21.4. The number of benzene rings is 2. The Morgan fingerprint density at radius 2 is 1.44 bits per heavy atom. The summed E-state index contributed by atoms with van der Waals surface area (Å²) in [6, 6.07) is 13.4. The van der Waals surface area contributed by atoms with E-state index in [0.29, 0.717) is 43.9 Å². The van der Waals surface area contributed by atoms with Gasteiger partial charge < -0.3 is 19.9 Å². The average Bonchev–Trinajstić information content (AvgIpc) is 2.77. The Kier molecular flexibility index (Phi) is 9.54. The molecule has 1 amide bonds. The van der Waals surface area contributed by atoms with Gasteiger partial charge in [0.05, 0.1) is 18.6 Å². The summed E-state index contributed by atoms with van der Waals surface area (Å²) in [5, 5.41) is 12.1. The van der Waals surface area contributed by atoms with E-state index in [-0.39, 0.29) is 5.91 Å². The number of nitrogens with one attached hydrogen (secondary N) is 1. The third-order valence-corrected chi connectivity index (χ3v) is 6.07. The van der Waals surface area contributed by atoms with Crippen LogP contribution in [-0.2, 0) is 9.59 Å². The number of carbonyl (C=O) groups is 2. The van der Waals surface area contributed by atoms with Crippen LogP contribution in [0.15, 0.2) is 42.5 Å². The standard InChI is InChI=1S/C28H39NO5/c1-20-9-10-21(2)24(19-20)34-18-7-15-27(3,4)25(30)29-22-11-13-23(14-12-22)33-17-8-16-28(5,6)26(31)32/h9-14,19H,7-8,15-18H2,1-6H3,(H,29,30)(H,31,32). The van der Waals surface area contributed by atoms with Crippen LogP contribution in [0, 0.1) is 24.7 Å². The Bertz CT molecular complexity index is 963. The van der Waals surface area contributed by atoms with Crippen LogP contribution in [0.3, 0.4) is 0 Å². The number of hydrogen-bond donors (Lipinski definition) is 2. The normalized spacial score (nSPS) is 11.7. The summed E-state index contributed by atoms with van der Waals surface area (Å²) in [6.07, 6.45) is 2.68. The van der Waals surface area contributed by atoms with Crippen molar-refractivity contribution in [2.75, 3.05) is 18.5 Å². The summed E-state index contributed by atoms with van der Waals surface area (Å²) in [5.41, 5.74) is 1.70. The highest BCUT2D eigenvalue weighted by Crippen LogP contribution is 2.27. The van der Waals surface area contributed by atoms with Crippen molar-refractivity contribution in [2.45, 2.75) is 67.2 Å². The zero-order valence-corrected chi connectivity index (χ0v) is 21.4. The molecule has 2 aromatic rings. The Labute approximate surface area is 203 Å². The number of carboxylic acids is 1. The van der Waals surface area contributed by atoms with Gasteiger partial charge in [0, 0.05) is 11.1 Å². The molecule has 0 bridgehead atoms. The van der Waals surface area contributed by atoms with Crippen LogP contribution in [0.1, 0.15) is 64.5 Å². The van der Waals surface area contributed by atoms with E-state index in [2.05, 4.69) is 17.4 Å². The molecule has 0 unspecified atom stereocenters. The second kappa shape index (κ2) is 11.9. The summed E-state index contributed by atoms with van der Waals surface area (Å²) in [7, 11) is 0. The van der Waals surface area contributed by atoms with Crippen LogP contribution in [0.4, 0.5) is 5.69 Å². The highest BCUT2D eigenvalue weighted by Gasteiger charge is 2.27. The van der Waals surface area contributed by atoms with E-state index in [0.717, 1.165) is 17.7 Å². The number of carboxylic acid groups (broad SMARTS) is 1. The van der Waals surface area contributed by atoms with E-state index in [1.165, 1.54) is 5.56 Å². The van der Waals surface area contributed by atoms with Gasteiger partial charge in [0.1, 0.15) is 11.5 Å². The fourth-order valence-corrected chi connectivity index (χ4v) is 3.42. The van der Waals surface area contributed by atoms with Gasteiger partial charge in [-0.2, -0.15) is 0 Å². The van der Waals surface area contributed by atoms with E-state index >= 15 is 0 Å². The molecule has 0 saturated carbocycles. The van der Waals surface area contributed by atoms with Crippen molar-refractivity contribution in [2.24, 2.45) is 10.8 Å². The maximum atomic E-state index is 12.8. The van der Waals surface area contributed by atoms with Gasteiger partial charge in [-0.05, 0) is 94.8 Å². The largest absolute Gasteiger partial charge is 0.494 e. The fourth-order valence-electron chi connectivity index (χ4n) is 3.42. The Hall–Kier alpha value is -3.02. The van der Waals surface area contributed by atoms with E-state index < -0.39 is 16.8 Å². The molecule has 0 atom stereocenters. The average molecular weight is 470 g/mol. The van der Waals surface area contributed by atoms with Gasteiger partial charge in [-0.25, -0.2) is 0 Å². The number of rotatable bonds is 13. The van der Waals surface area contributed by atoms with Crippen molar-refractivity contribution in [1.29, 1.82) is 0 Å². The summed E-state index contributed by atoms with van der Waals surface area (Å²) in [4.78, 5) is 24.0. The molecule has 2 rings (SSSR count). The first-order chi connectivity index (χ1) is 15.9. The molecule has 2 aromatic carbocycles. The maximum Gasteiger partial charge on any atom is 0.309 e. The number of anilines is 1. The minimum Gasteiger partial charge on any atom is -0.494 e. The Balaban J connectivity index is 1.75. The molecule has 6 heteroatoms. The number of aliphatic carboxylic acids is 1. The van der Waals surface area contributed by atoms with Crippen LogP contribution in [0.2, 0.25) is 0 Å². The highest BCUT2D eigenvalue weighted by atomic mass is 16.5. The third-order valence-electron chi connectivity index (χ3n) is 6.07. The lowest BCUT2D eigenvalue weighted by molar-refractivity contribution is -0.147. The molecule has 0 aliphatic heterocycles. The molecular weight excluding hydrogens is 430 g/mol. The second-order valence-electron chi connectivity index (χ2n) is 10.2. The molecule has 0 saturated heterocycles. The molecule has 0 spiro atoms. The van der Waals surface area contributed by atoms with Gasteiger partial charge in [-0.3, -0.25) is 9.59 Å².